The van der Waals surface area contributed by atoms with Gasteiger partial charge in [0, 0.05) is 18.6 Å². The Morgan fingerprint density at radius 1 is 0.952 bits per heavy atom. The van der Waals surface area contributed by atoms with Crippen molar-refractivity contribution in [3.63, 3.8) is 0 Å². The Balaban J connectivity index is 1.19. The number of nitrogens with zero attached hydrogens (tertiary/aromatic N) is 3. The third-order valence-corrected chi connectivity index (χ3v) is 7.68. The number of imidazole rings is 1. The molecule has 0 fully saturated rings. The zero-order chi connectivity index (χ0) is 29.3. The van der Waals surface area contributed by atoms with E-state index in [2.05, 4.69) is 10.1 Å². The number of benzene rings is 3. The Kier molecular flexibility index (Phi) is 7.30. The molecule has 0 radical (unpaired) electrons. The standard InChI is InChI=1S/C32H29N3O6S/c1-32(2,41-22-11-6-5-7-12-22)29(36)14-20-9-8-10-21(13-20)19-39-26-15-23(37-3)16-27-24(26)17-28(40-27)25-18-35-30(33-25)42-31(34-35)38-4/h5-13,15-18H,14,19H2,1-4H3. The predicted molar refractivity (Wildman–Crippen MR) is 160 cm³/mol. The van der Waals surface area contributed by atoms with Gasteiger partial charge >= 0.3 is 0 Å². The number of carbonyl (C=O) groups excluding carboxylic acids is 1. The van der Waals surface area contributed by atoms with E-state index in [1.165, 1.54) is 11.3 Å². The van der Waals surface area contributed by atoms with E-state index in [1.807, 2.05) is 72.8 Å². The zero-order valence-electron chi connectivity index (χ0n) is 23.6. The second kappa shape index (κ2) is 11.2. The van der Waals surface area contributed by atoms with Gasteiger partial charge in [-0.3, -0.25) is 4.79 Å². The van der Waals surface area contributed by atoms with E-state index in [1.54, 1.807) is 38.8 Å². The summed E-state index contributed by atoms with van der Waals surface area (Å²) in [6, 6.07) is 22.7. The first kappa shape index (κ1) is 27.3. The Hall–Kier alpha value is -4.83. The van der Waals surface area contributed by atoms with Crippen LogP contribution >= 0.6 is 11.3 Å². The average molecular weight is 584 g/mol. The molecule has 3 aromatic heterocycles. The van der Waals surface area contributed by atoms with Gasteiger partial charge in [0.05, 0.1) is 25.8 Å². The summed E-state index contributed by atoms with van der Waals surface area (Å²) >= 11 is 1.34. The fourth-order valence-electron chi connectivity index (χ4n) is 4.56. The Morgan fingerprint density at radius 3 is 2.52 bits per heavy atom. The first-order valence-electron chi connectivity index (χ1n) is 13.3. The number of aromatic nitrogens is 3. The molecular weight excluding hydrogens is 554 g/mol. The van der Waals surface area contributed by atoms with Crippen molar-refractivity contribution >= 4 is 33.1 Å². The van der Waals surface area contributed by atoms with Crippen LogP contribution in [-0.2, 0) is 17.8 Å². The molecule has 0 unspecified atom stereocenters. The lowest BCUT2D eigenvalue weighted by atomic mass is 9.96. The van der Waals surface area contributed by atoms with Gasteiger partial charge in [-0.1, -0.05) is 42.5 Å². The fourth-order valence-corrected chi connectivity index (χ4v) is 5.26. The summed E-state index contributed by atoms with van der Waals surface area (Å²) in [5.41, 5.74) is 2.11. The molecule has 6 aromatic rings. The maximum Gasteiger partial charge on any atom is 0.294 e. The highest BCUT2D eigenvalue weighted by atomic mass is 32.1. The number of furan rings is 1. The second-order valence-electron chi connectivity index (χ2n) is 10.2. The summed E-state index contributed by atoms with van der Waals surface area (Å²) in [5.74, 6) is 2.45. The maximum absolute atomic E-state index is 13.1. The van der Waals surface area contributed by atoms with Crippen LogP contribution in [0.25, 0.3) is 27.4 Å². The van der Waals surface area contributed by atoms with E-state index in [9.17, 15) is 4.79 Å². The van der Waals surface area contributed by atoms with Crippen molar-refractivity contribution in [2.45, 2.75) is 32.5 Å². The molecule has 0 saturated heterocycles. The zero-order valence-corrected chi connectivity index (χ0v) is 24.4. The lowest BCUT2D eigenvalue weighted by molar-refractivity contribution is -0.131. The molecule has 214 valence electrons. The summed E-state index contributed by atoms with van der Waals surface area (Å²) in [5, 5.41) is 5.66. The van der Waals surface area contributed by atoms with Crippen LogP contribution in [0, 0.1) is 0 Å². The molecule has 3 heterocycles. The number of Topliss-reactive ketones (excluding diaryl/α,β-unsaturated/α-hetero) is 1. The van der Waals surface area contributed by atoms with Crippen molar-refractivity contribution in [1.29, 1.82) is 0 Å². The van der Waals surface area contributed by atoms with Crippen molar-refractivity contribution in [2.24, 2.45) is 0 Å². The van der Waals surface area contributed by atoms with Crippen molar-refractivity contribution in [1.82, 2.24) is 14.6 Å². The summed E-state index contributed by atoms with van der Waals surface area (Å²) in [7, 11) is 3.17. The minimum atomic E-state index is -0.967. The highest BCUT2D eigenvalue weighted by Crippen LogP contribution is 2.37. The first-order valence-corrected chi connectivity index (χ1v) is 14.1. The van der Waals surface area contributed by atoms with Gasteiger partial charge < -0.3 is 23.4 Å². The van der Waals surface area contributed by atoms with Crippen LogP contribution in [0.1, 0.15) is 25.0 Å². The number of para-hydroxylation sites is 1. The first-order chi connectivity index (χ1) is 20.3. The molecule has 0 amide bonds. The van der Waals surface area contributed by atoms with Crippen molar-refractivity contribution in [2.75, 3.05) is 14.2 Å². The van der Waals surface area contributed by atoms with Crippen molar-refractivity contribution in [3.8, 4) is 33.9 Å². The molecule has 0 atom stereocenters. The quantitative estimate of drug-likeness (QED) is 0.165. The van der Waals surface area contributed by atoms with E-state index in [-0.39, 0.29) is 12.2 Å². The molecule has 9 nitrogen and oxygen atoms in total. The van der Waals surface area contributed by atoms with Crippen LogP contribution in [0.5, 0.6) is 22.4 Å². The summed E-state index contributed by atoms with van der Waals surface area (Å²) in [4.78, 5) is 18.5. The number of ketones is 1. The largest absolute Gasteiger partial charge is 0.496 e. The van der Waals surface area contributed by atoms with Crippen LogP contribution < -0.4 is 18.9 Å². The molecule has 0 saturated carbocycles. The Morgan fingerprint density at radius 2 is 1.76 bits per heavy atom. The molecule has 0 spiro atoms. The molecule has 0 bridgehead atoms. The number of carbonyl (C=O) groups is 1. The number of rotatable bonds is 11. The smallest absolute Gasteiger partial charge is 0.294 e. The van der Waals surface area contributed by atoms with E-state index in [0.717, 1.165) is 16.5 Å². The van der Waals surface area contributed by atoms with E-state index in [0.29, 0.717) is 51.0 Å². The summed E-state index contributed by atoms with van der Waals surface area (Å²) in [6.07, 6.45) is 2.04. The molecule has 0 N–H and O–H groups in total. The van der Waals surface area contributed by atoms with Crippen molar-refractivity contribution < 1.29 is 28.2 Å². The molecule has 6 rings (SSSR count). The number of hydrogen-bond donors (Lipinski definition) is 0. The Bertz CT molecular complexity index is 1840. The highest BCUT2D eigenvalue weighted by molar-refractivity contribution is 7.18. The molecule has 0 aliphatic rings. The van der Waals surface area contributed by atoms with E-state index < -0.39 is 5.60 Å². The highest BCUT2D eigenvalue weighted by Gasteiger charge is 2.29. The van der Waals surface area contributed by atoms with Crippen LogP contribution in [0.15, 0.2) is 83.4 Å². The van der Waals surface area contributed by atoms with Gasteiger partial charge in [-0.25, -0.2) is 9.50 Å². The monoisotopic (exact) mass is 583 g/mol. The fraction of sp³-hybridized carbons (Fsp3) is 0.219. The third kappa shape index (κ3) is 5.66. The number of fused-ring (bicyclic) bond motifs is 2. The number of ether oxygens (including phenoxy) is 4. The average Bonchev–Trinajstić information content (AvgIpc) is 3.69. The summed E-state index contributed by atoms with van der Waals surface area (Å²) < 4.78 is 30.7. The minimum Gasteiger partial charge on any atom is -0.496 e. The van der Waals surface area contributed by atoms with Crippen LogP contribution in [0.4, 0.5) is 0 Å². The molecule has 0 aliphatic carbocycles. The maximum atomic E-state index is 13.1. The molecule has 10 heteroatoms. The minimum absolute atomic E-state index is 0.0161. The van der Waals surface area contributed by atoms with Gasteiger partial charge in [-0.05, 0) is 54.5 Å². The van der Waals surface area contributed by atoms with E-state index in [4.69, 9.17) is 23.4 Å². The van der Waals surface area contributed by atoms with Gasteiger partial charge in [0.2, 0.25) is 4.96 Å². The Labute approximate surface area is 246 Å². The van der Waals surface area contributed by atoms with Crippen molar-refractivity contribution in [3.05, 3.63) is 90.1 Å². The predicted octanol–water partition coefficient (Wildman–Crippen LogP) is 6.77. The lowest BCUT2D eigenvalue weighted by Crippen LogP contribution is -2.39. The van der Waals surface area contributed by atoms with Crippen LogP contribution in [-0.4, -0.2) is 40.2 Å². The molecule has 42 heavy (non-hydrogen) atoms. The number of methoxy groups -OCH3 is 2. The topological polar surface area (TPSA) is 97.3 Å². The SMILES string of the molecule is COc1cc(OCc2cccc(CC(=O)C(C)(C)Oc3ccccc3)c2)c2cc(-c3cn4nc(OC)sc4n3)oc2c1. The van der Waals surface area contributed by atoms with Gasteiger partial charge in [0.15, 0.2) is 17.1 Å². The van der Waals surface area contributed by atoms with Gasteiger partial charge in [-0.2, -0.15) is 0 Å². The van der Waals surface area contributed by atoms with Crippen LogP contribution in [0.3, 0.4) is 0 Å². The normalized spacial score (nSPS) is 11.6. The van der Waals surface area contributed by atoms with E-state index >= 15 is 0 Å². The van der Waals surface area contributed by atoms with Gasteiger partial charge in [0.25, 0.3) is 5.19 Å². The van der Waals surface area contributed by atoms with Gasteiger partial charge in [-0.15, -0.1) is 5.10 Å². The second-order valence-corrected chi connectivity index (χ2v) is 11.1. The van der Waals surface area contributed by atoms with Crippen LogP contribution in [0.2, 0.25) is 0 Å². The van der Waals surface area contributed by atoms with Gasteiger partial charge in [0.1, 0.15) is 35.1 Å². The molecular formula is C32H29N3O6S. The third-order valence-electron chi connectivity index (χ3n) is 6.80. The summed E-state index contributed by atoms with van der Waals surface area (Å²) in [6.45, 7) is 3.88. The lowest BCUT2D eigenvalue weighted by Gasteiger charge is -2.25. The number of hydrogen-bond acceptors (Lipinski definition) is 9. The molecule has 0 aliphatic heterocycles. The molecule has 3 aromatic carbocycles.